The highest BCUT2D eigenvalue weighted by molar-refractivity contribution is 6.33. The second-order valence-electron chi connectivity index (χ2n) is 17.7. The van der Waals surface area contributed by atoms with Crippen molar-refractivity contribution >= 4 is 74.3 Å². The van der Waals surface area contributed by atoms with Gasteiger partial charge >= 0.3 is 0 Å². The van der Waals surface area contributed by atoms with E-state index in [2.05, 4.69) is 53.8 Å². The van der Waals surface area contributed by atoms with E-state index in [4.69, 9.17) is 26.4 Å². The number of ether oxygens (including phenoxy) is 1. The monoisotopic (exact) mass is 877 g/mol. The van der Waals surface area contributed by atoms with Crippen LogP contribution in [0.25, 0.3) is 21.8 Å². The van der Waals surface area contributed by atoms with Crippen LogP contribution >= 0.6 is 11.6 Å². The summed E-state index contributed by atoms with van der Waals surface area (Å²) < 4.78 is 8.95. The Labute approximate surface area is 371 Å². The molecule has 3 amide bonds. The molecule has 0 bridgehead atoms. The topological polar surface area (TPSA) is 172 Å². The van der Waals surface area contributed by atoms with E-state index in [-0.39, 0.29) is 35.6 Å². The van der Waals surface area contributed by atoms with Gasteiger partial charge in [0, 0.05) is 76.7 Å². The molecule has 0 saturated carbocycles. The number of amides is 3. The number of para-hydroxylation sites is 1. The van der Waals surface area contributed by atoms with Crippen molar-refractivity contribution in [2.24, 2.45) is 31.8 Å². The average molecular weight is 878 g/mol. The van der Waals surface area contributed by atoms with Crippen molar-refractivity contribution in [2.45, 2.75) is 57.3 Å². The number of hydrogen-bond donors (Lipinski definition) is 3. The van der Waals surface area contributed by atoms with Gasteiger partial charge in [0.15, 0.2) is 18.2 Å². The van der Waals surface area contributed by atoms with Crippen LogP contribution in [-0.2, 0) is 28.5 Å². The van der Waals surface area contributed by atoms with Crippen LogP contribution in [0.15, 0.2) is 53.5 Å². The molecule has 3 aromatic heterocycles. The lowest BCUT2D eigenvalue weighted by molar-refractivity contribution is -0.134. The molecule has 5 aromatic rings. The number of anilines is 4. The zero-order chi connectivity index (χ0) is 43.8. The Hall–Kier alpha value is -5.74. The minimum atomic E-state index is -0.403. The van der Waals surface area contributed by atoms with Gasteiger partial charge in [0.25, 0.3) is 11.5 Å². The van der Waals surface area contributed by atoms with Crippen molar-refractivity contribution in [3.05, 3.63) is 69.7 Å². The summed E-state index contributed by atoms with van der Waals surface area (Å²) >= 11 is 6.60. The molecule has 4 aliphatic rings. The first-order valence-electron chi connectivity index (χ1n) is 22.3. The highest BCUT2D eigenvalue weighted by atomic mass is 35.5. The molecule has 1 unspecified atom stereocenters. The smallest absolute Gasteiger partial charge is 0.293 e. The number of likely N-dealkylation sites (N-methyl/N-ethyl adjacent to an activating group) is 1. The minimum absolute atomic E-state index is 0.0939. The summed E-state index contributed by atoms with van der Waals surface area (Å²) in [6.07, 6.45) is 9.53. The fourth-order valence-electron chi connectivity index (χ4n) is 10.3. The first-order chi connectivity index (χ1) is 30.5. The van der Waals surface area contributed by atoms with Crippen LogP contribution < -0.4 is 36.0 Å². The molecule has 0 spiro atoms. The summed E-state index contributed by atoms with van der Waals surface area (Å²) in [5.74, 6) is 2.20. The fourth-order valence-corrected chi connectivity index (χ4v) is 10.4. The molecule has 4 fully saturated rings. The highest BCUT2D eigenvalue weighted by Gasteiger charge is 2.34. The number of fused-ring (bicyclic) bond motifs is 2. The van der Waals surface area contributed by atoms with Crippen molar-refractivity contribution in [3.63, 3.8) is 0 Å². The number of likely N-dealkylation sites (tertiary alicyclic amines) is 1. The van der Waals surface area contributed by atoms with Crippen LogP contribution in [0.5, 0.6) is 5.75 Å². The average Bonchev–Trinajstić information content (AvgIpc) is 3.64. The molecule has 4 saturated heterocycles. The third kappa shape index (κ3) is 8.92. The van der Waals surface area contributed by atoms with Gasteiger partial charge in [-0.25, -0.2) is 4.98 Å². The van der Waals surface area contributed by atoms with Gasteiger partial charge in [-0.1, -0.05) is 23.7 Å². The van der Waals surface area contributed by atoms with Gasteiger partial charge in [-0.05, 0) is 106 Å². The summed E-state index contributed by atoms with van der Waals surface area (Å²) in [5.41, 5.74) is 4.15. The molecular formula is C46H56ClN11O5. The number of benzene rings is 2. The maximum Gasteiger partial charge on any atom is 0.293 e. The fraction of sp³-hybridized carbons (Fsp3) is 0.500. The molecule has 63 heavy (non-hydrogen) atoms. The van der Waals surface area contributed by atoms with E-state index in [1.807, 2.05) is 29.9 Å². The largest absolute Gasteiger partial charge is 0.478 e. The van der Waals surface area contributed by atoms with Crippen molar-refractivity contribution in [1.82, 2.24) is 39.8 Å². The van der Waals surface area contributed by atoms with E-state index in [1.165, 1.54) is 43.0 Å². The van der Waals surface area contributed by atoms with E-state index in [0.717, 1.165) is 104 Å². The van der Waals surface area contributed by atoms with Crippen molar-refractivity contribution in [1.29, 1.82) is 0 Å². The zero-order valence-electron chi connectivity index (χ0n) is 36.2. The molecule has 17 heteroatoms. The first-order valence-corrected chi connectivity index (χ1v) is 22.7. The Balaban J connectivity index is 0.747. The Morgan fingerprint density at radius 1 is 0.905 bits per heavy atom. The SMILES string of the molecule is CNC(=O)COc1cc2cc(Nc3nc(N4CCC(CN5CCC(C6CCN(c7cccc8c(C9CCC(=O)NC9=O)nn(C)c78)CC6)CC5)CC4)ncc3Cl)ccc2n(C)c1=O. The van der Waals surface area contributed by atoms with Crippen LogP contribution in [0, 0.1) is 17.8 Å². The molecule has 1 atom stereocenters. The Morgan fingerprint density at radius 2 is 1.63 bits per heavy atom. The van der Waals surface area contributed by atoms with E-state index in [0.29, 0.717) is 35.5 Å². The standard InChI is InChI=1S/C46H56ClN11O5/c1-48-40(60)27-63-38-24-31-23-32(7-9-36(31)54(2)45(38)62)50-43-35(47)25-49-46(52-43)58-19-11-28(12-20-58)26-56-17-13-29(14-18-56)30-15-21-57(22-16-30)37-6-4-5-33-41(53-55(3)42(33)37)34-8-10-39(59)51-44(34)61/h4-7,9,23-25,28-30,34H,8,10-22,26-27H2,1-3H3,(H,48,60)(H,49,50,52)(H,51,59,61). The van der Waals surface area contributed by atoms with E-state index < -0.39 is 5.92 Å². The predicted molar refractivity (Wildman–Crippen MR) is 244 cm³/mol. The second kappa shape index (κ2) is 18.2. The van der Waals surface area contributed by atoms with Crippen LogP contribution in [0.2, 0.25) is 5.02 Å². The molecule has 332 valence electrons. The zero-order valence-corrected chi connectivity index (χ0v) is 37.0. The summed E-state index contributed by atoms with van der Waals surface area (Å²) in [5, 5.41) is 15.3. The number of carbonyl (C=O) groups excluding carboxylic acids is 3. The third-order valence-electron chi connectivity index (χ3n) is 13.9. The van der Waals surface area contributed by atoms with Gasteiger partial charge in [0.05, 0.1) is 34.5 Å². The van der Waals surface area contributed by atoms with Crippen LogP contribution in [0.3, 0.4) is 0 Å². The molecule has 2 aromatic carbocycles. The molecule has 3 N–H and O–H groups in total. The molecule has 9 rings (SSSR count). The molecule has 4 aliphatic heterocycles. The predicted octanol–water partition coefficient (Wildman–Crippen LogP) is 5.10. The number of pyridine rings is 1. The van der Waals surface area contributed by atoms with Crippen LogP contribution in [0.1, 0.15) is 63.0 Å². The minimum Gasteiger partial charge on any atom is -0.478 e. The summed E-state index contributed by atoms with van der Waals surface area (Å²) in [7, 11) is 5.15. The molecule has 0 aliphatic carbocycles. The Morgan fingerprint density at radius 3 is 2.37 bits per heavy atom. The molecule has 0 radical (unpaired) electrons. The van der Waals surface area contributed by atoms with E-state index >= 15 is 0 Å². The second-order valence-corrected chi connectivity index (χ2v) is 18.1. The number of nitrogens with zero attached hydrogens (tertiary/aromatic N) is 8. The summed E-state index contributed by atoms with van der Waals surface area (Å²) in [4.78, 5) is 66.0. The number of rotatable bonds is 11. The number of halogens is 1. The van der Waals surface area contributed by atoms with E-state index in [1.54, 1.807) is 19.3 Å². The Bertz CT molecular complexity index is 2590. The quantitative estimate of drug-likeness (QED) is 0.150. The number of carbonyl (C=O) groups is 3. The number of hydrogen-bond acceptors (Lipinski definition) is 12. The molecular weight excluding hydrogens is 822 g/mol. The van der Waals surface area contributed by atoms with Gasteiger partial charge in [-0.3, -0.25) is 29.2 Å². The summed E-state index contributed by atoms with van der Waals surface area (Å²) in [6.45, 7) is 7.00. The number of imide groups is 1. The normalized spacial score (nSPS) is 19.8. The first kappa shape index (κ1) is 42.6. The highest BCUT2D eigenvalue weighted by Crippen LogP contribution is 2.39. The Kier molecular flexibility index (Phi) is 12.3. The maximum absolute atomic E-state index is 12.8. The van der Waals surface area contributed by atoms with Crippen molar-refractivity contribution < 1.29 is 19.1 Å². The van der Waals surface area contributed by atoms with Gasteiger partial charge < -0.3 is 34.6 Å². The number of aromatic nitrogens is 5. The lowest BCUT2D eigenvalue weighted by Gasteiger charge is -2.42. The van der Waals surface area contributed by atoms with Crippen molar-refractivity contribution in [2.75, 3.05) is 74.6 Å². The number of aryl methyl sites for hydroxylation is 2. The maximum atomic E-state index is 12.8. The molecule has 16 nitrogen and oxygen atoms in total. The summed E-state index contributed by atoms with van der Waals surface area (Å²) in [6, 6.07) is 13.6. The van der Waals surface area contributed by atoms with Crippen LogP contribution in [-0.4, -0.2) is 106 Å². The van der Waals surface area contributed by atoms with Gasteiger partial charge in [-0.15, -0.1) is 0 Å². The molecule has 7 heterocycles. The van der Waals surface area contributed by atoms with Gasteiger partial charge in [-0.2, -0.15) is 10.1 Å². The lowest BCUT2D eigenvalue weighted by Crippen LogP contribution is -2.44. The third-order valence-corrected chi connectivity index (χ3v) is 14.1. The van der Waals surface area contributed by atoms with Crippen molar-refractivity contribution in [3.8, 4) is 5.75 Å². The van der Waals surface area contributed by atoms with Gasteiger partial charge in [0.2, 0.25) is 17.8 Å². The van der Waals surface area contributed by atoms with Gasteiger partial charge in [0.1, 0.15) is 5.02 Å². The van der Waals surface area contributed by atoms with Crippen LogP contribution in [0.4, 0.5) is 23.1 Å². The lowest BCUT2D eigenvalue weighted by atomic mass is 9.78. The number of piperidine rings is 4. The van der Waals surface area contributed by atoms with E-state index in [9.17, 15) is 19.2 Å². The number of nitrogens with one attached hydrogen (secondary N) is 3.